The van der Waals surface area contributed by atoms with Gasteiger partial charge in [0.1, 0.15) is 11.5 Å². The Balaban J connectivity index is 1.94. The SMILES string of the molecule is C=CCOC(=O)c1sc(NC(=O)C2CCN(C(C)=O)CC2)nc1C. The molecule has 7 nitrogen and oxygen atoms in total. The molecule has 0 radical (unpaired) electrons. The third-order valence-corrected chi connectivity index (χ3v) is 4.91. The first-order chi connectivity index (χ1) is 11.4. The lowest BCUT2D eigenvalue weighted by molar-refractivity contribution is -0.132. The molecule has 0 saturated carbocycles. The third-order valence-electron chi connectivity index (χ3n) is 3.86. The number of carbonyl (C=O) groups excluding carboxylic acids is 3. The van der Waals surface area contributed by atoms with Gasteiger partial charge in [0.05, 0.1) is 5.69 Å². The molecule has 130 valence electrons. The van der Waals surface area contributed by atoms with E-state index < -0.39 is 5.97 Å². The number of piperidine rings is 1. The third kappa shape index (κ3) is 4.41. The van der Waals surface area contributed by atoms with Gasteiger partial charge in [-0.2, -0.15) is 0 Å². The fraction of sp³-hybridized carbons (Fsp3) is 0.500. The fourth-order valence-corrected chi connectivity index (χ4v) is 3.37. The molecule has 0 atom stereocenters. The van der Waals surface area contributed by atoms with Crippen LogP contribution in [0.2, 0.25) is 0 Å². The number of nitrogens with zero attached hydrogens (tertiary/aromatic N) is 2. The summed E-state index contributed by atoms with van der Waals surface area (Å²) in [4.78, 5) is 41.8. The Morgan fingerprint density at radius 2 is 2.08 bits per heavy atom. The highest BCUT2D eigenvalue weighted by Crippen LogP contribution is 2.25. The highest BCUT2D eigenvalue weighted by Gasteiger charge is 2.27. The largest absolute Gasteiger partial charge is 0.457 e. The normalized spacial score (nSPS) is 15.0. The molecule has 0 aromatic carbocycles. The van der Waals surface area contributed by atoms with E-state index in [1.807, 2.05) is 0 Å². The summed E-state index contributed by atoms with van der Waals surface area (Å²) in [5.41, 5.74) is 0.524. The van der Waals surface area contributed by atoms with Crippen molar-refractivity contribution in [2.24, 2.45) is 5.92 Å². The van der Waals surface area contributed by atoms with E-state index in [0.717, 1.165) is 11.3 Å². The van der Waals surface area contributed by atoms with E-state index in [4.69, 9.17) is 4.74 Å². The smallest absolute Gasteiger partial charge is 0.350 e. The van der Waals surface area contributed by atoms with Gasteiger partial charge < -0.3 is 15.0 Å². The van der Waals surface area contributed by atoms with Gasteiger partial charge in [-0.25, -0.2) is 9.78 Å². The van der Waals surface area contributed by atoms with Gasteiger partial charge in [0.2, 0.25) is 11.8 Å². The van der Waals surface area contributed by atoms with Gasteiger partial charge in [0.25, 0.3) is 0 Å². The second-order valence-corrected chi connectivity index (χ2v) is 6.59. The molecule has 2 rings (SSSR count). The lowest BCUT2D eigenvalue weighted by Crippen LogP contribution is -2.40. The number of nitrogens with one attached hydrogen (secondary N) is 1. The fourth-order valence-electron chi connectivity index (χ4n) is 2.50. The first-order valence-electron chi connectivity index (χ1n) is 7.74. The molecule has 1 aromatic heterocycles. The second kappa shape index (κ2) is 8.05. The van der Waals surface area contributed by atoms with Crippen LogP contribution < -0.4 is 5.32 Å². The number of hydrogen-bond acceptors (Lipinski definition) is 6. The van der Waals surface area contributed by atoms with Crippen LogP contribution in [0.3, 0.4) is 0 Å². The molecule has 2 amide bonds. The number of hydrogen-bond donors (Lipinski definition) is 1. The van der Waals surface area contributed by atoms with Crippen LogP contribution in [-0.2, 0) is 14.3 Å². The Hall–Kier alpha value is -2.22. The number of carbonyl (C=O) groups is 3. The summed E-state index contributed by atoms with van der Waals surface area (Å²) in [5, 5.41) is 3.15. The highest BCUT2D eigenvalue weighted by atomic mass is 32.1. The molecule has 0 aliphatic carbocycles. The zero-order valence-electron chi connectivity index (χ0n) is 13.8. The summed E-state index contributed by atoms with van der Waals surface area (Å²) in [6, 6.07) is 0. The van der Waals surface area contributed by atoms with E-state index in [9.17, 15) is 14.4 Å². The molecular formula is C16H21N3O4S. The zero-order valence-corrected chi connectivity index (χ0v) is 14.6. The van der Waals surface area contributed by atoms with Crippen LogP contribution in [-0.4, -0.2) is 47.4 Å². The van der Waals surface area contributed by atoms with Gasteiger partial charge in [0.15, 0.2) is 5.13 Å². The Morgan fingerprint density at radius 3 is 2.67 bits per heavy atom. The van der Waals surface area contributed by atoms with Gasteiger partial charge in [0, 0.05) is 25.9 Å². The Labute approximate surface area is 144 Å². The number of esters is 1. The minimum Gasteiger partial charge on any atom is -0.457 e. The van der Waals surface area contributed by atoms with Crippen molar-refractivity contribution in [2.45, 2.75) is 26.7 Å². The summed E-state index contributed by atoms with van der Waals surface area (Å²) >= 11 is 1.10. The molecule has 0 unspecified atom stereocenters. The molecule has 24 heavy (non-hydrogen) atoms. The highest BCUT2D eigenvalue weighted by molar-refractivity contribution is 7.17. The van der Waals surface area contributed by atoms with Crippen LogP contribution in [0.5, 0.6) is 0 Å². The average Bonchev–Trinajstić information content (AvgIpc) is 2.93. The van der Waals surface area contributed by atoms with E-state index in [2.05, 4.69) is 16.9 Å². The maximum Gasteiger partial charge on any atom is 0.350 e. The summed E-state index contributed by atoms with van der Waals surface area (Å²) in [6.07, 6.45) is 2.75. The first-order valence-corrected chi connectivity index (χ1v) is 8.55. The Morgan fingerprint density at radius 1 is 1.42 bits per heavy atom. The predicted octanol–water partition coefficient (Wildman–Crippen LogP) is 1.99. The monoisotopic (exact) mass is 351 g/mol. The molecule has 1 saturated heterocycles. The molecule has 0 bridgehead atoms. The minimum atomic E-state index is -0.472. The Kier molecular flexibility index (Phi) is 6.08. The van der Waals surface area contributed by atoms with Gasteiger partial charge in [-0.15, -0.1) is 0 Å². The lowest BCUT2D eigenvalue weighted by atomic mass is 9.96. The van der Waals surface area contributed by atoms with Crippen molar-refractivity contribution in [1.29, 1.82) is 0 Å². The van der Waals surface area contributed by atoms with E-state index in [-0.39, 0.29) is 24.3 Å². The molecule has 2 heterocycles. The van der Waals surface area contributed by atoms with Crippen LogP contribution in [0.1, 0.15) is 35.1 Å². The van der Waals surface area contributed by atoms with Crippen molar-refractivity contribution in [3.05, 3.63) is 23.2 Å². The summed E-state index contributed by atoms with van der Waals surface area (Å²) in [7, 11) is 0. The quantitative estimate of drug-likeness (QED) is 0.647. The maximum atomic E-state index is 12.3. The van der Waals surface area contributed by atoms with Crippen LogP contribution in [0.4, 0.5) is 5.13 Å². The Bertz CT molecular complexity index is 648. The number of anilines is 1. The van der Waals surface area contributed by atoms with E-state index in [0.29, 0.717) is 41.6 Å². The standard InChI is InChI=1S/C16H21N3O4S/c1-4-9-23-15(22)13-10(2)17-16(24-13)18-14(21)12-5-7-19(8-6-12)11(3)20/h4,12H,1,5-9H2,2-3H3,(H,17,18,21). The van der Waals surface area contributed by atoms with Crippen molar-refractivity contribution in [2.75, 3.05) is 25.0 Å². The number of thiazole rings is 1. The number of likely N-dealkylation sites (tertiary alicyclic amines) is 1. The molecule has 1 fully saturated rings. The molecule has 0 spiro atoms. The van der Waals surface area contributed by atoms with Crippen LogP contribution in [0, 0.1) is 12.8 Å². The zero-order chi connectivity index (χ0) is 17.7. The number of rotatable bonds is 5. The van der Waals surface area contributed by atoms with Crippen molar-refractivity contribution in [1.82, 2.24) is 9.88 Å². The van der Waals surface area contributed by atoms with E-state index in [1.54, 1.807) is 11.8 Å². The molecule has 1 aliphatic rings. The maximum absolute atomic E-state index is 12.3. The molecule has 1 N–H and O–H groups in total. The van der Waals surface area contributed by atoms with Crippen molar-refractivity contribution in [3.63, 3.8) is 0 Å². The van der Waals surface area contributed by atoms with Crippen LogP contribution >= 0.6 is 11.3 Å². The molecule has 1 aliphatic heterocycles. The molecule has 1 aromatic rings. The molecular weight excluding hydrogens is 330 g/mol. The average molecular weight is 351 g/mol. The predicted molar refractivity (Wildman–Crippen MR) is 90.9 cm³/mol. The topological polar surface area (TPSA) is 88.6 Å². The van der Waals surface area contributed by atoms with Gasteiger partial charge in [-0.1, -0.05) is 24.0 Å². The van der Waals surface area contributed by atoms with Crippen LogP contribution in [0.15, 0.2) is 12.7 Å². The van der Waals surface area contributed by atoms with Crippen molar-refractivity contribution in [3.8, 4) is 0 Å². The number of aryl methyl sites for hydroxylation is 1. The van der Waals surface area contributed by atoms with Crippen molar-refractivity contribution < 1.29 is 19.1 Å². The van der Waals surface area contributed by atoms with Gasteiger partial charge in [-0.05, 0) is 19.8 Å². The number of ether oxygens (including phenoxy) is 1. The van der Waals surface area contributed by atoms with Crippen LogP contribution in [0.25, 0.3) is 0 Å². The van der Waals surface area contributed by atoms with E-state index in [1.165, 1.54) is 13.0 Å². The van der Waals surface area contributed by atoms with Crippen molar-refractivity contribution >= 4 is 34.3 Å². The summed E-state index contributed by atoms with van der Waals surface area (Å²) in [6.45, 7) is 8.03. The molecule has 8 heteroatoms. The lowest BCUT2D eigenvalue weighted by Gasteiger charge is -2.30. The van der Waals surface area contributed by atoms with Gasteiger partial charge >= 0.3 is 5.97 Å². The minimum absolute atomic E-state index is 0.0343. The summed E-state index contributed by atoms with van der Waals surface area (Å²) in [5.74, 6) is -0.716. The number of amides is 2. The summed E-state index contributed by atoms with van der Waals surface area (Å²) < 4.78 is 4.99. The first kappa shape index (κ1) is 18.1. The van der Waals surface area contributed by atoms with E-state index >= 15 is 0 Å². The second-order valence-electron chi connectivity index (χ2n) is 5.59. The number of aromatic nitrogens is 1. The van der Waals surface area contributed by atoms with Gasteiger partial charge in [-0.3, -0.25) is 9.59 Å².